The Balaban J connectivity index is 0.00000132. The van der Waals surface area contributed by atoms with Gasteiger partial charge >= 0.3 is 0 Å². The van der Waals surface area contributed by atoms with Crippen LogP contribution in [0.4, 0.5) is 5.69 Å². The van der Waals surface area contributed by atoms with Crippen molar-refractivity contribution in [2.75, 3.05) is 44.3 Å². The van der Waals surface area contributed by atoms with Crippen molar-refractivity contribution in [3.8, 4) is 0 Å². The minimum atomic E-state index is 0. The Kier molecular flexibility index (Phi) is 8.69. The van der Waals surface area contributed by atoms with Crippen LogP contribution in [0.3, 0.4) is 0 Å². The van der Waals surface area contributed by atoms with E-state index in [1.807, 2.05) is 6.07 Å². The molecule has 1 unspecified atom stereocenters. The van der Waals surface area contributed by atoms with Crippen LogP contribution < -0.4 is 15.5 Å². The predicted molar refractivity (Wildman–Crippen MR) is 96.8 cm³/mol. The molecule has 2 aliphatic heterocycles. The van der Waals surface area contributed by atoms with Gasteiger partial charge < -0.3 is 20.3 Å². The summed E-state index contributed by atoms with van der Waals surface area (Å²) in [6.07, 6.45) is 0.941. The van der Waals surface area contributed by atoms with Crippen molar-refractivity contribution in [1.29, 1.82) is 0 Å². The molecular formula is C16H25Cl2N3O2. The van der Waals surface area contributed by atoms with E-state index in [9.17, 15) is 4.79 Å². The number of carbonyl (C=O) groups is 1. The number of benzene rings is 1. The molecular weight excluding hydrogens is 337 g/mol. The number of carbonyl (C=O) groups excluding carboxylic acids is 1. The van der Waals surface area contributed by atoms with E-state index in [1.54, 1.807) is 0 Å². The van der Waals surface area contributed by atoms with Crippen LogP contribution in [0.25, 0.3) is 0 Å². The Hall–Kier alpha value is -1.01. The SMILES string of the molecule is Cl.Cl.O=C(NCc1ccccc1N1CCOCC1)C1CCNC1. The van der Waals surface area contributed by atoms with Gasteiger partial charge in [0.15, 0.2) is 0 Å². The maximum Gasteiger partial charge on any atom is 0.224 e. The highest BCUT2D eigenvalue weighted by atomic mass is 35.5. The minimum Gasteiger partial charge on any atom is -0.378 e. The largest absolute Gasteiger partial charge is 0.378 e. The van der Waals surface area contributed by atoms with Gasteiger partial charge in [-0.2, -0.15) is 0 Å². The van der Waals surface area contributed by atoms with E-state index in [4.69, 9.17) is 4.74 Å². The summed E-state index contributed by atoms with van der Waals surface area (Å²) in [5.74, 6) is 0.289. The van der Waals surface area contributed by atoms with Crippen LogP contribution in [0.2, 0.25) is 0 Å². The van der Waals surface area contributed by atoms with Gasteiger partial charge in [-0.05, 0) is 24.6 Å². The van der Waals surface area contributed by atoms with E-state index in [0.29, 0.717) is 6.54 Å². The van der Waals surface area contributed by atoms with Crippen molar-refractivity contribution in [2.45, 2.75) is 13.0 Å². The molecule has 2 N–H and O–H groups in total. The molecule has 7 heteroatoms. The van der Waals surface area contributed by atoms with Crippen molar-refractivity contribution in [1.82, 2.24) is 10.6 Å². The highest BCUT2D eigenvalue weighted by Crippen LogP contribution is 2.21. The minimum absolute atomic E-state index is 0. The Morgan fingerprint density at radius 2 is 2.00 bits per heavy atom. The van der Waals surface area contributed by atoms with Gasteiger partial charge in [0.05, 0.1) is 19.1 Å². The number of amides is 1. The average molecular weight is 362 g/mol. The van der Waals surface area contributed by atoms with Crippen LogP contribution in [0.15, 0.2) is 24.3 Å². The number of para-hydroxylation sites is 1. The first-order valence-corrected chi connectivity index (χ1v) is 7.73. The lowest BCUT2D eigenvalue weighted by Crippen LogP contribution is -2.37. The molecule has 5 nitrogen and oxygen atoms in total. The lowest BCUT2D eigenvalue weighted by Gasteiger charge is -2.30. The second kappa shape index (κ2) is 9.98. The number of rotatable bonds is 4. The first-order valence-electron chi connectivity index (χ1n) is 7.73. The van der Waals surface area contributed by atoms with E-state index in [1.165, 1.54) is 11.3 Å². The summed E-state index contributed by atoms with van der Waals surface area (Å²) < 4.78 is 5.41. The van der Waals surface area contributed by atoms with Crippen LogP contribution >= 0.6 is 24.8 Å². The second-order valence-electron chi connectivity index (χ2n) is 5.64. The molecule has 1 amide bonds. The quantitative estimate of drug-likeness (QED) is 0.854. The highest BCUT2D eigenvalue weighted by Gasteiger charge is 2.22. The van der Waals surface area contributed by atoms with Crippen molar-refractivity contribution in [3.05, 3.63) is 29.8 Å². The number of hydrogen-bond acceptors (Lipinski definition) is 4. The van der Waals surface area contributed by atoms with Crippen molar-refractivity contribution >= 4 is 36.4 Å². The zero-order valence-corrected chi connectivity index (χ0v) is 14.8. The van der Waals surface area contributed by atoms with E-state index in [-0.39, 0.29) is 36.6 Å². The van der Waals surface area contributed by atoms with Gasteiger partial charge in [-0.25, -0.2) is 0 Å². The van der Waals surface area contributed by atoms with Gasteiger partial charge in [0.2, 0.25) is 5.91 Å². The first-order chi connectivity index (χ1) is 10.3. The summed E-state index contributed by atoms with van der Waals surface area (Å²) in [6, 6.07) is 8.31. The lowest BCUT2D eigenvalue weighted by molar-refractivity contribution is -0.124. The number of anilines is 1. The summed E-state index contributed by atoms with van der Waals surface area (Å²) in [4.78, 5) is 14.5. The molecule has 130 valence electrons. The molecule has 0 aromatic heterocycles. The fraction of sp³-hybridized carbons (Fsp3) is 0.562. The molecule has 0 bridgehead atoms. The first kappa shape index (κ1) is 20.0. The molecule has 1 aromatic carbocycles. The van der Waals surface area contributed by atoms with Gasteiger partial charge in [0.1, 0.15) is 0 Å². The molecule has 23 heavy (non-hydrogen) atoms. The molecule has 1 atom stereocenters. The van der Waals surface area contributed by atoms with Gasteiger partial charge in [0.25, 0.3) is 0 Å². The zero-order chi connectivity index (χ0) is 14.5. The fourth-order valence-corrected chi connectivity index (χ4v) is 2.98. The third kappa shape index (κ3) is 5.24. The number of halogens is 2. The number of ether oxygens (including phenoxy) is 1. The fourth-order valence-electron chi connectivity index (χ4n) is 2.98. The number of hydrogen-bond donors (Lipinski definition) is 2. The smallest absolute Gasteiger partial charge is 0.224 e. The van der Waals surface area contributed by atoms with Crippen molar-refractivity contribution in [3.63, 3.8) is 0 Å². The van der Waals surface area contributed by atoms with Gasteiger partial charge in [-0.3, -0.25) is 4.79 Å². The van der Waals surface area contributed by atoms with E-state index >= 15 is 0 Å². The number of nitrogens with one attached hydrogen (secondary N) is 2. The summed E-state index contributed by atoms with van der Waals surface area (Å²) in [6.45, 7) is 5.72. The Morgan fingerprint density at radius 1 is 1.26 bits per heavy atom. The van der Waals surface area contributed by atoms with E-state index in [2.05, 4.69) is 33.7 Å². The normalized spacial score (nSPS) is 20.3. The molecule has 0 radical (unpaired) electrons. The molecule has 2 aliphatic rings. The monoisotopic (exact) mass is 361 g/mol. The zero-order valence-electron chi connectivity index (χ0n) is 13.1. The summed E-state index contributed by atoms with van der Waals surface area (Å²) in [7, 11) is 0. The molecule has 0 saturated carbocycles. The maximum absolute atomic E-state index is 12.1. The number of morpholine rings is 1. The summed E-state index contributed by atoms with van der Waals surface area (Å²) in [5, 5.41) is 6.32. The predicted octanol–water partition coefficient (Wildman–Crippen LogP) is 1.59. The van der Waals surface area contributed by atoms with Crippen LogP contribution in [0, 0.1) is 5.92 Å². The third-order valence-electron chi connectivity index (χ3n) is 4.23. The highest BCUT2D eigenvalue weighted by molar-refractivity contribution is 5.85. The van der Waals surface area contributed by atoms with Gasteiger partial charge in [0, 0.05) is 31.9 Å². The third-order valence-corrected chi connectivity index (χ3v) is 4.23. The number of nitrogens with zero attached hydrogens (tertiary/aromatic N) is 1. The Morgan fingerprint density at radius 3 is 2.70 bits per heavy atom. The molecule has 2 fully saturated rings. The standard InChI is InChI=1S/C16H23N3O2.2ClH/c20-16(14-5-6-17-11-14)18-12-13-3-1-2-4-15(13)19-7-9-21-10-8-19;;/h1-4,14,17H,5-12H2,(H,18,20);2*1H. The Labute approximate surface area is 150 Å². The van der Waals surface area contributed by atoms with Crippen LogP contribution in [0.5, 0.6) is 0 Å². The molecule has 0 aliphatic carbocycles. The molecule has 0 spiro atoms. The molecule has 2 saturated heterocycles. The summed E-state index contributed by atoms with van der Waals surface area (Å²) in [5.41, 5.74) is 2.39. The van der Waals surface area contributed by atoms with E-state index in [0.717, 1.165) is 45.8 Å². The Bertz CT molecular complexity index is 490. The average Bonchev–Trinajstić information content (AvgIpc) is 3.08. The van der Waals surface area contributed by atoms with Crippen LogP contribution in [-0.4, -0.2) is 45.3 Å². The molecule has 1 aromatic rings. The maximum atomic E-state index is 12.1. The molecule has 2 heterocycles. The van der Waals surface area contributed by atoms with Gasteiger partial charge in [-0.1, -0.05) is 18.2 Å². The van der Waals surface area contributed by atoms with Crippen LogP contribution in [-0.2, 0) is 16.1 Å². The summed E-state index contributed by atoms with van der Waals surface area (Å²) >= 11 is 0. The molecule has 3 rings (SSSR count). The topological polar surface area (TPSA) is 53.6 Å². The van der Waals surface area contributed by atoms with Crippen LogP contribution in [0.1, 0.15) is 12.0 Å². The van der Waals surface area contributed by atoms with Crippen molar-refractivity contribution in [2.24, 2.45) is 5.92 Å². The second-order valence-corrected chi connectivity index (χ2v) is 5.64. The van der Waals surface area contributed by atoms with Gasteiger partial charge in [-0.15, -0.1) is 24.8 Å². The lowest BCUT2D eigenvalue weighted by atomic mass is 10.1. The van der Waals surface area contributed by atoms with E-state index < -0.39 is 0 Å². The van der Waals surface area contributed by atoms with Crippen molar-refractivity contribution < 1.29 is 9.53 Å².